The quantitative estimate of drug-likeness (QED) is 0.486. The molecule has 28 heavy (non-hydrogen) atoms. The van der Waals surface area contributed by atoms with Gasteiger partial charge >= 0.3 is 30.4 Å². The first-order valence-corrected chi connectivity index (χ1v) is 7.00. The van der Waals surface area contributed by atoms with Crippen LogP contribution < -0.4 is 0 Å². The van der Waals surface area contributed by atoms with Gasteiger partial charge in [0.05, 0.1) is 6.10 Å². The van der Waals surface area contributed by atoms with Crippen LogP contribution >= 0.6 is 0 Å². The molecule has 0 spiro atoms. The second kappa shape index (κ2) is 5.35. The van der Waals surface area contributed by atoms with Gasteiger partial charge < -0.3 is 9.84 Å². The van der Waals surface area contributed by atoms with Crippen LogP contribution in [0.5, 0.6) is 0 Å². The lowest BCUT2D eigenvalue weighted by Gasteiger charge is -2.48. The SMILES string of the molecule is CC(O)OC1CC2(F)C(F)(F)C(F)(F)C1(C(F)(F)F)C2(C(F)(F)F)C(F)(F)F. The summed E-state index contributed by atoms with van der Waals surface area (Å²) in [6.07, 6.45) is -32.6. The highest BCUT2D eigenvalue weighted by Gasteiger charge is 3.14. The van der Waals surface area contributed by atoms with Gasteiger partial charge in [-0.05, 0) is 6.92 Å². The molecule has 2 rings (SSSR count). The van der Waals surface area contributed by atoms with E-state index in [-0.39, 0.29) is 0 Å². The Bertz CT molecular complexity index is 632. The molecule has 166 valence electrons. The van der Waals surface area contributed by atoms with Crippen molar-refractivity contribution in [1.29, 1.82) is 0 Å². The topological polar surface area (TPSA) is 29.5 Å². The van der Waals surface area contributed by atoms with Crippen LogP contribution in [-0.2, 0) is 4.74 Å². The lowest BCUT2D eigenvalue weighted by molar-refractivity contribution is -0.451. The molecule has 2 aliphatic rings. The molecule has 0 heterocycles. The molecule has 0 aromatic carbocycles. The van der Waals surface area contributed by atoms with Crippen LogP contribution in [-0.4, -0.2) is 53.5 Å². The van der Waals surface area contributed by atoms with Crippen molar-refractivity contribution in [2.24, 2.45) is 10.8 Å². The Balaban J connectivity index is 3.19. The first-order valence-electron chi connectivity index (χ1n) is 7.00. The van der Waals surface area contributed by atoms with Crippen molar-refractivity contribution in [1.82, 2.24) is 0 Å². The third-order valence-electron chi connectivity index (χ3n) is 5.18. The molecule has 0 saturated heterocycles. The van der Waals surface area contributed by atoms with Crippen molar-refractivity contribution in [3.05, 3.63) is 0 Å². The van der Waals surface area contributed by atoms with E-state index in [0.717, 1.165) is 0 Å². The molecule has 2 saturated carbocycles. The van der Waals surface area contributed by atoms with Crippen LogP contribution in [0.1, 0.15) is 13.3 Å². The van der Waals surface area contributed by atoms with E-state index < -0.39 is 65.7 Å². The van der Waals surface area contributed by atoms with Crippen LogP contribution in [0.3, 0.4) is 0 Å². The molecule has 2 bridgehead atoms. The second-order valence-electron chi connectivity index (χ2n) is 6.43. The molecule has 0 aromatic heterocycles. The predicted octanol–water partition coefficient (Wildman–Crippen LogP) is 4.77. The summed E-state index contributed by atoms with van der Waals surface area (Å²) in [5.41, 5.74) is -20.6. The number of halogens is 14. The van der Waals surface area contributed by atoms with Crippen LogP contribution in [0, 0.1) is 10.8 Å². The number of hydrogen-bond acceptors (Lipinski definition) is 2. The maximum absolute atomic E-state index is 14.8. The number of aliphatic hydroxyl groups is 1. The largest absolute Gasteiger partial charge is 0.407 e. The number of hydrogen-bond donors (Lipinski definition) is 1. The van der Waals surface area contributed by atoms with Crippen LogP contribution in [0.4, 0.5) is 61.5 Å². The molecule has 4 atom stereocenters. The van der Waals surface area contributed by atoms with Crippen molar-refractivity contribution in [2.75, 3.05) is 0 Å². The molecule has 4 unspecified atom stereocenters. The predicted molar refractivity (Wildman–Crippen MR) is 57.9 cm³/mol. The van der Waals surface area contributed by atoms with E-state index in [4.69, 9.17) is 5.11 Å². The van der Waals surface area contributed by atoms with Gasteiger partial charge in [-0.15, -0.1) is 0 Å². The van der Waals surface area contributed by atoms with Crippen molar-refractivity contribution in [3.8, 4) is 0 Å². The van der Waals surface area contributed by atoms with E-state index >= 15 is 0 Å². The van der Waals surface area contributed by atoms with Gasteiger partial charge in [-0.2, -0.15) is 57.1 Å². The molecular weight excluding hydrogens is 442 g/mol. The summed E-state index contributed by atoms with van der Waals surface area (Å²) in [6.45, 7) is 0.292. The monoisotopic (exact) mass is 450 g/mol. The van der Waals surface area contributed by atoms with Gasteiger partial charge in [0.15, 0.2) is 11.7 Å². The number of rotatable bonds is 2. The average Bonchev–Trinajstić information content (AvgIpc) is 2.68. The number of aliphatic hydroxyl groups excluding tert-OH is 1. The summed E-state index contributed by atoms with van der Waals surface area (Å²) in [6, 6.07) is 0. The maximum Gasteiger partial charge on any atom is 0.407 e. The molecule has 0 aromatic rings. The van der Waals surface area contributed by atoms with Gasteiger partial charge in [0.25, 0.3) is 0 Å². The summed E-state index contributed by atoms with van der Waals surface area (Å²) >= 11 is 0. The Labute approximate surface area is 145 Å². The minimum atomic E-state index is -7.62. The van der Waals surface area contributed by atoms with Gasteiger partial charge in [0.1, 0.15) is 0 Å². The van der Waals surface area contributed by atoms with Crippen LogP contribution in [0.25, 0.3) is 0 Å². The number of alkyl halides is 14. The Morgan fingerprint density at radius 3 is 1.46 bits per heavy atom. The third-order valence-corrected chi connectivity index (χ3v) is 5.18. The van der Waals surface area contributed by atoms with Crippen LogP contribution in [0.2, 0.25) is 0 Å². The van der Waals surface area contributed by atoms with E-state index in [2.05, 4.69) is 4.74 Å². The molecule has 1 N–H and O–H groups in total. The van der Waals surface area contributed by atoms with Crippen molar-refractivity contribution >= 4 is 0 Å². The molecule has 16 heteroatoms. The molecule has 0 amide bonds. The van der Waals surface area contributed by atoms with Crippen molar-refractivity contribution in [3.63, 3.8) is 0 Å². The van der Waals surface area contributed by atoms with Gasteiger partial charge in [0, 0.05) is 6.42 Å². The minimum Gasteiger partial charge on any atom is -0.368 e. The van der Waals surface area contributed by atoms with Gasteiger partial charge in [-0.3, -0.25) is 0 Å². The molecule has 0 aliphatic heterocycles. The summed E-state index contributed by atoms with van der Waals surface area (Å²) in [5.74, 6) is -14.3. The average molecular weight is 450 g/mol. The van der Waals surface area contributed by atoms with Gasteiger partial charge in [0.2, 0.25) is 11.1 Å². The zero-order chi connectivity index (χ0) is 22.6. The summed E-state index contributed by atoms with van der Waals surface area (Å²) in [4.78, 5) is 0. The standard InChI is InChI=1S/C12H8F14O2/c1-3(27)28-4-2-5(13)7(11(21,22)23,12(24,25)26)6(4,10(18,19)20)9(16,17)8(5,14)15/h3-4,27H,2H2,1H3. The van der Waals surface area contributed by atoms with Gasteiger partial charge in [-0.1, -0.05) is 0 Å². The molecule has 0 radical (unpaired) electrons. The number of fused-ring (bicyclic) bond motifs is 2. The zero-order valence-corrected chi connectivity index (χ0v) is 13.0. The van der Waals surface area contributed by atoms with E-state index in [0.29, 0.717) is 6.92 Å². The molecule has 2 fully saturated rings. The highest BCUT2D eigenvalue weighted by Crippen LogP contribution is 2.89. The Kier molecular flexibility index (Phi) is 4.43. The fourth-order valence-corrected chi connectivity index (χ4v) is 4.43. The second-order valence-corrected chi connectivity index (χ2v) is 6.43. The Morgan fingerprint density at radius 1 is 0.786 bits per heavy atom. The van der Waals surface area contributed by atoms with Gasteiger partial charge in [-0.25, -0.2) is 4.39 Å². The summed E-state index contributed by atoms with van der Waals surface area (Å²) in [5, 5.41) is 8.87. The lowest BCUT2D eigenvalue weighted by Crippen LogP contribution is -2.71. The zero-order valence-electron chi connectivity index (χ0n) is 13.0. The fraction of sp³-hybridized carbons (Fsp3) is 1.00. The summed E-state index contributed by atoms with van der Waals surface area (Å²) < 4.78 is 196. The van der Waals surface area contributed by atoms with Crippen LogP contribution in [0.15, 0.2) is 0 Å². The number of ether oxygens (including phenoxy) is 1. The van der Waals surface area contributed by atoms with E-state index in [9.17, 15) is 61.5 Å². The van der Waals surface area contributed by atoms with Crippen molar-refractivity contribution < 1.29 is 71.3 Å². The Morgan fingerprint density at radius 2 is 1.18 bits per heavy atom. The van der Waals surface area contributed by atoms with Crippen molar-refractivity contribution in [2.45, 2.75) is 61.8 Å². The maximum atomic E-state index is 14.8. The third kappa shape index (κ3) is 1.94. The Hall–Kier alpha value is -1.06. The normalized spacial score (nSPS) is 37.9. The fourth-order valence-electron chi connectivity index (χ4n) is 4.43. The minimum absolute atomic E-state index is 0.292. The molecular formula is C12H8F14O2. The highest BCUT2D eigenvalue weighted by atomic mass is 19.4. The highest BCUT2D eigenvalue weighted by molar-refractivity contribution is 5.42. The van der Waals surface area contributed by atoms with E-state index in [1.54, 1.807) is 0 Å². The van der Waals surface area contributed by atoms with E-state index in [1.807, 2.05) is 0 Å². The first-order chi connectivity index (χ1) is 12.0. The van der Waals surface area contributed by atoms with E-state index in [1.165, 1.54) is 0 Å². The molecule has 2 aliphatic carbocycles. The first kappa shape index (κ1) is 23.2. The lowest BCUT2D eigenvalue weighted by atomic mass is 9.62. The smallest absolute Gasteiger partial charge is 0.368 e. The molecule has 2 nitrogen and oxygen atoms in total. The summed E-state index contributed by atoms with van der Waals surface area (Å²) in [7, 11) is 0.